The Morgan fingerprint density at radius 1 is 1.38 bits per heavy atom. The average Bonchev–Trinajstić information content (AvgIpc) is 3.03. The Morgan fingerprint density at radius 3 is 2.50 bits per heavy atom. The van der Waals surface area contributed by atoms with E-state index in [1.54, 1.807) is 42.2 Å². The molecule has 1 saturated heterocycles. The van der Waals surface area contributed by atoms with Crippen LogP contribution in [-0.4, -0.2) is 42.2 Å². The molecule has 4 N–H and O–H groups in total. The third kappa shape index (κ3) is 8.32. The molecule has 0 saturated carbocycles. The molecule has 0 aliphatic carbocycles. The molecule has 1 aliphatic rings. The second-order valence-electron chi connectivity index (χ2n) is 6.43. The zero-order chi connectivity index (χ0) is 19.5. The Hall–Kier alpha value is -2.83. The topological polar surface area (TPSA) is 109 Å². The van der Waals surface area contributed by atoms with Gasteiger partial charge in [0.05, 0.1) is 6.04 Å². The number of likely N-dealkylation sites (tertiary alicyclic amines) is 1. The summed E-state index contributed by atoms with van der Waals surface area (Å²) in [5, 5.41) is 10.0. The molecule has 7 heteroatoms. The molecule has 1 atom stereocenters. The summed E-state index contributed by atoms with van der Waals surface area (Å²) < 4.78 is 5.09. The quantitative estimate of drug-likeness (QED) is 0.554. The molecule has 0 spiro atoms. The van der Waals surface area contributed by atoms with Gasteiger partial charge in [-0.15, -0.1) is 0 Å². The Morgan fingerprint density at radius 2 is 2.04 bits per heavy atom. The van der Waals surface area contributed by atoms with E-state index in [9.17, 15) is 9.59 Å². The lowest BCUT2D eigenvalue weighted by Gasteiger charge is -2.12. The number of hydrogen-bond donors (Lipinski definition) is 3. The lowest BCUT2D eigenvalue weighted by atomic mass is 10.1. The fourth-order valence-corrected chi connectivity index (χ4v) is 2.20. The molecule has 1 aromatic rings. The predicted octanol–water partition coefficient (Wildman–Crippen LogP) is 2.53. The molecule has 2 rings (SSSR count). The van der Waals surface area contributed by atoms with E-state index in [2.05, 4.69) is 5.32 Å². The summed E-state index contributed by atoms with van der Waals surface area (Å²) >= 11 is 0. The molecule has 0 bridgehead atoms. The van der Waals surface area contributed by atoms with E-state index >= 15 is 0 Å². The van der Waals surface area contributed by atoms with Gasteiger partial charge in [-0.2, -0.15) is 0 Å². The van der Waals surface area contributed by atoms with Gasteiger partial charge in [-0.05, 0) is 37.5 Å². The first-order valence-electron chi connectivity index (χ1n) is 8.56. The Kier molecular flexibility index (Phi) is 8.91. The maximum atomic E-state index is 11.5. The summed E-state index contributed by atoms with van der Waals surface area (Å²) in [7, 11) is 0. The van der Waals surface area contributed by atoms with Crippen molar-refractivity contribution in [2.75, 3.05) is 13.1 Å². The van der Waals surface area contributed by atoms with Crippen molar-refractivity contribution in [3.63, 3.8) is 0 Å². The number of para-hydroxylation sites is 1. The molecular formula is C19H28N4O3. The van der Waals surface area contributed by atoms with Gasteiger partial charge < -0.3 is 26.1 Å². The van der Waals surface area contributed by atoms with Gasteiger partial charge in [0.25, 0.3) is 0 Å². The van der Waals surface area contributed by atoms with Crippen LogP contribution in [0.25, 0.3) is 0 Å². The lowest BCUT2D eigenvalue weighted by Crippen LogP contribution is -2.38. The van der Waals surface area contributed by atoms with Gasteiger partial charge in [0.1, 0.15) is 5.75 Å². The first-order valence-corrected chi connectivity index (χ1v) is 8.56. The second-order valence-corrected chi connectivity index (χ2v) is 6.43. The highest BCUT2D eigenvalue weighted by atomic mass is 16.6. The maximum absolute atomic E-state index is 11.5. The van der Waals surface area contributed by atoms with E-state index in [0.29, 0.717) is 30.2 Å². The molecule has 2 amide bonds. The standard InChI is InChI=1S/C12H14N2O3.C7H14N2/c15-9-14-7-6-10(8-14)13-12(16)17-11-4-2-1-3-5-11;1-5(2)7(9)4-6(3)8/h1-5,9-10H,6-8H2,(H,13,16);4-5,9H,8H2,1-3H3/b;6-4-,9-7?. The number of nitrogens with one attached hydrogen (secondary N) is 2. The van der Waals surface area contributed by atoms with Gasteiger partial charge in [0.15, 0.2) is 0 Å². The number of carbonyl (C=O) groups is 2. The number of hydrogen-bond acceptors (Lipinski definition) is 5. The van der Waals surface area contributed by atoms with Crippen LogP contribution in [0.5, 0.6) is 5.75 Å². The fourth-order valence-electron chi connectivity index (χ4n) is 2.20. The average molecular weight is 360 g/mol. The van der Waals surface area contributed by atoms with Crippen molar-refractivity contribution < 1.29 is 14.3 Å². The third-order valence-electron chi connectivity index (χ3n) is 3.65. The minimum absolute atomic E-state index is 0.0172. The fraction of sp³-hybridized carbons (Fsp3) is 0.421. The number of ether oxygens (including phenoxy) is 1. The second kappa shape index (κ2) is 10.9. The SMILES string of the molecule is C/C(N)=C/C(=N)C(C)C.O=CN1CCC(NC(=O)Oc2ccccc2)C1. The molecule has 0 radical (unpaired) electrons. The molecule has 1 fully saturated rings. The Labute approximate surface area is 154 Å². The summed E-state index contributed by atoms with van der Waals surface area (Å²) in [5.74, 6) is 0.791. The molecule has 1 aromatic carbocycles. The summed E-state index contributed by atoms with van der Waals surface area (Å²) in [6.45, 7) is 6.97. The third-order valence-corrected chi connectivity index (χ3v) is 3.65. The maximum Gasteiger partial charge on any atom is 0.412 e. The van der Waals surface area contributed by atoms with Crippen molar-refractivity contribution in [1.82, 2.24) is 10.2 Å². The van der Waals surface area contributed by atoms with Crippen LogP contribution in [0.3, 0.4) is 0 Å². The summed E-state index contributed by atoms with van der Waals surface area (Å²) in [6.07, 6.45) is 2.77. The number of carbonyl (C=O) groups excluding carboxylic acids is 2. The van der Waals surface area contributed by atoms with E-state index in [1.807, 2.05) is 19.9 Å². The van der Waals surface area contributed by atoms with Crippen molar-refractivity contribution in [2.24, 2.45) is 11.7 Å². The molecule has 142 valence electrons. The van der Waals surface area contributed by atoms with Crippen LogP contribution in [0.2, 0.25) is 0 Å². The molecule has 1 unspecified atom stereocenters. The van der Waals surface area contributed by atoms with Crippen LogP contribution in [0.15, 0.2) is 42.1 Å². The normalized spacial score (nSPS) is 16.5. The zero-order valence-corrected chi connectivity index (χ0v) is 15.6. The number of rotatable bonds is 5. The van der Waals surface area contributed by atoms with Crippen LogP contribution >= 0.6 is 0 Å². The van der Waals surface area contributed by atoms with Crippen LogP contribution in [-0.2, 0) is 4.79 Å². The molecule has 1 heterocycles. The number of nitrogens with two attached hydrogens (primary N) is 1. The summed E-state index contributed by atoms with van der Waals surface area (Å²) in [6, 6.07) is 8.86. The van der Waals surface area contributed by atoms with E-state index in [4.69, 9.17) is 15.9 Å². The number of amides is 2. The van der Waals surface area contributed by atoms with Crippen LogP contribution in [0.1, 0.15) is 27.2 Å². The van der Waals surface area contributed by atoms with Crippen molar-refractivity contribution in [1.29, 1.82) is 5.41 Å². The van der Waals surface area contributed by atoms with E-state index in [-0.39, 0.29) is 12.0 Å². The molecular weight excluding hydrogens is 332 g/mol. The van der Waals surface area contributed by atoms with Gasteiger partial charge in [-0.25, -0.2) is 4.79 Å². The van der Waals surface area contributed by atoms with Crippen molar-refractivity contribution in [2.45, 2.75) is 33.2 Å². The summed E-state index contributed by atoms with van der Waals surface area (Å²) in [5.41, 5.74) is 6.65. The lowest BCUT2D eigenvalue weighted by molar-refractivity contribution is -0.117. The van der Waals surface area contributed by atoms with Crippen molar-refractivity contribution in [3.8, 4) is 5.75 Å². The van der Waals surface area contributed by atoms with Gasteiger partial charge in [-0.3, -0.25) is 4.79 Å². The van der Waals surface area contributed by atoms with Crippen LogP contribution < -0.4 is 15.8 Å². The van der Waals surface area contributed by atoms with E-state index in [0.717, 1.165) is 12.8 Å². The molecule has 7 nitrogen and oxygen atoms in total. The monoisotopic (exact) mass is 360 g/mol. The van der Waals surface area contributed by atoms with Gasteiger partial charge in [0, 0.05) is 24.5 Å². The Balaban J connectivity index is 0.000000321. The minimum atomic E-state index is -0.478. The van der Waals surface area contributed by atoms with Crippen LogP contribution in [0.4, 0.5) is 4.79 Å². The zero-order valence-electron chi connectivity index (χ0n) is 15.6. The molecule has 0 aromatic heterocycles. The molecule has 26 heavy (non-hydrogen) atoms. The van der Waals surface area contributed by atoms with Crippen molar-refractivity contribution in [3.05, 3.63) is 42.1 Å². The first kappa shape index (κ1) is 21.2. The smallest absolute Gasteiger partial charge is 0.410 e. The van der Waals surface area contributed by atoms with Gasteiger partial charge in [0.2, 0.25) is 6.41 Å². The largest absolute Gasteiger partial charge is 0.412 e. The number of nitrogens with zero attached hydrogens (tertiary/aromatic N) is 1. The van der Waals surface area contributed by atoms with Gasteiger partial charge >= 0.3 is 6.09 Å². The predicted molar refractivity (Wildman–Crippen MR) is 102 cm³/mol. The highest BCUT2D eigenvalue weighted by molar-refractivity contribution is 5.94. The highest BCUT2D eigenvalue weighted by Crippen LogP contribution is 2.10. The number of benzene rings is 1. The minimum Gasteiger partial charge on any atom is -0.410 e. The van der Waals surface area contributed by atoms with Crippen LogP contribution in [0, 0.1) is 11.3 Å². The summed E-state index contributed by atoms with van der Waals surface area (Å²) in [4.78, 5) is 23.7. The highest BCUT2D eigenvalue weighted by Gasteiger charge is 2.23. The van der Waals surface area contributed by atoms with Gasteiger partial charge in [-0.1, -0.05) is 32.0 Å². The van der Waals surface area contributed by atoms with Crippen molar-refractivity contribution >= 4 is 18.2 Å². The number of allylic oxidation sites excluding steroid dienone is 2. The van der Waals surface area contributed by atoms with E-state index < -0.39 is 6.09 Å². The first-order chi connectivity index (χ1) is 12.3. The molecule has 1 aliphatic heterocycles. The Bertz CT molecular complexity index is 625. The van der Waals surface area contributed by atoms with E-state index in [1.165, 1.54) is 0 Å².